The van der Waals surface area contributed by atoms with Gasteiger partial charge < -0.3 is 92.0 Å². The van der Waals surface area contributed by atoms with Crippen molar-refractivity contribution in [1.82, 2.24) is 21.3 Å². The number of halogens is 2. The minimum absolute atomic E-state index is 0. The van der Waals surface area contributed by atoms with Gasteiger partial charge >= 0.3 is 0 Å². The quantitative estimate of drug-likeness (QED) is 0.0284. The van der Waals surface area contributed by atoms with Gasteiger partial charge in [0.15, 0.2) is 23.1 Å². The third-order valence-electron chi connectivity index (χ3n) is 10.5. The molecule has 0 saturated heterocycles. The maximum atomic E-state index is 13.8. The van der Waals surface area contributed by atoms with Gasteiger partial charge in [0, 0.05) is 83.0 Å². The summed E-state index contributed by atoms with van der Waals surface area (Å²) >= 11 is 0. The minimum atomic E-state index is -0.995. The standard InChI is InChI=1S/C38H74N12O8.2ClH/c1-23(51)24(3-11-39)19-33(53)29(8-16-44)48-37(57)26(5-13-41)21-35(55)31(10-18-46)50-38(58)27(6-14-42)22-34(54)30(9-17-45)49-36(56)25(4-12-40)20-32(52)28(47-2)7-15-43;;/h24-31,47H,3-22,39-46H2,1-2H3,(H,48,57)(H,49,56)(H,50,58);2*1H/p+6/t24-,25-,26-,27-,28+,29+,30+,31+;;/m1../s1. The Morgan fingerprint density at radius 3 is 0.817 bits per heavy atom. The van der Waals surface area contributed by atoms with Crippen molar-refractivity contribution in [2.24, 2.45) is 23.7 Å². The van der Waals surface area contributed by atoms with E-state index in [-0.39, 0.29) is 106 Å². The summed E-state index contributed by atoms with van der Waals surface area (Å²) in [6.07, 6.45) is 1.99. The first-order valence-electron chi connectivity index (χ1n) is 21.2. The number of hydrogen-bond acceptors (Lipinski definition) is 9. The lowest BCUT2D eigenvalue weighted by atomic mass is 9.89. The average Bonchev–Trinajstić information content (AvgIpc) is 3.18. The second-order valence-electron chi connectivity index (χ2n) is 15.2. The molecule has 0 aromatic heterocycles. The van der Waals surface area contributed by atoms with Crippen molar-refractivity contribution in [2.45, 2.75) is 108 Å². The Labute approximate surface area is 367 Å². The largest absolute Gasteiger partial charge is 1.00 e. The lowest BCUT2D eigenvalue weighted by Crippen LogP contribution is -3.00. The van der Waals surface area contributed by atoms with Crippen molar-refractivity contribution in [3.05, 3.63) is 0 Å². The number of hydrogen-bond donors (Lipinski definition) is 12. The van der Waals surface area contributed by atoms with Crippen molar-refractivity contribution < 1.29 is 109 Å². The summed E-state index contributed by atoms with van der Waals surface area (Å²) in [6.45, 7) is 4.52. The van der Waals surface area contributed by atoms with Crippen LogP contribution in [0.15, 0.2) is 0 Å². The van der Waals surface area contributed by atoms with Crippen LogP contribution < -0.4 is 92.0 Å². The van der Waals surface area contributed by atoms with Crippen molar-refractivity contribution in [3.63, 3.8) is 0 Å². The van der Waals surface area contributed by atoms with Gasteiger partial charge in [0.2, 0.25) is 17.7 Å². The molecule has 0 spiro atoms. The van der Waals surface area contributed by atoms with E-state index < -0.39 is 71.3 Å². The lowest BCUT2D eigenvalue weighted by molar-refractivity contribution is -0.370. The van der Waals surface area contributed by atoms with Crippen LogP contribution in [0.1, 0.15) is 84.0 Å². The number of amides is 3. The summed E-state index contributed by atoms with van der Waals surface area (Å²) in [7, 11) is 1.68. The third kappa shape index (κ3) is 23.3. The highest BCUT2D eigenvalue weighted by atomic mass is 35.5. The first-order valence-corrected chi connectivity index (χ1v) is 21.2. The van der Waals surface area contributed by atoms with Gasteiger partial charge in [-0.1, -0.05) is 0 Å². The number of rotatable bonds is 36. The topological polar surface area (TPSA) is 406 Å². The molecule has 0 fully saturated rings. The van der Waals surface area contributed by atoms with Gasteiger partial charge in [0.25, 0.3) is 0 Å². The molecule has 0 heterocycles. The molecule has 20 nitrogen and oxygen atoms in total. The van der Waals surface area contributed by atoms with Crippen molar-refractivity contribution >= 4 is 46.6 Å². The second-order valence-corrected chi connectivity index (χ2v) is 15.2. The molecule has 350 valence electrons. The highest BCUT2D eigenvalue weighted by Gasteiger charge is 2.35. The van der Waals surface area contributed by atoms with Gasteiger partial charge in [-0.25, -0.2) is 0 Å². The smallest absolute Gasteiger partial charge is 0.224 e. The Morgan fingerprint density at radius 1 is 0.367 bits per heavy atom. The molecule has 0 rings (SSSR count). The van der Waals surface area contributed by atoms with Crippen molar-refractivity contribution in [3.8, 4) is 0 Å². The fourth-order valence-corrected chi connectivity index (χ4v) is 7.05. The zero-order valence-corrected chi connectivity index (χ0v) is 38.0. The Balaban J connectivity index is -0.0000162. The van der Waals surface area contributed by atoms with E-state index in [0.29, 0.717) is 71.6 Å². The van der Waals surface area contributed by atoms with E-state index in [1.54, 1.807) is 7.05 Å². The molecule has 0 aliphatic heterocycles. The maximum Gasteiger partial charge on any atom is 0.224 e. The van der Waals surface area contributed by atoms with E-state index in [2.05, 4.69) is 67.1 Å². The summed E-state index contributed by atoms with van der Waals surface area (Å²) in [5.74, 6) is -5.66. The van der Waals surface area contributed by atoms with Gasteiger partial charge in [-0.3, -0.25) is 38.4 Å². The molecule has 0 aliphatic carbocycles. The van der Waals surface area contributed by atoms with E-state index in [0.717, 1.165) is 0 Å². The van der Waals surface area contributed by atoms with Crippen molar-refractivity contribution in [1.29, 1.82) is 0 Å². The summed E-state index contributed by atoms with van der Waals surface area (Å²) in [5, 5.41) is 11.4. The fraction of sp³-hybridized carbons (Fsp3) is 0.789. The summed E-state index contributed by atoms with van der Waals surface area (Å²) in [4.78, 5) is 107. The van der Waals surface area contributed by atoms with Gasteiger partial charge in [0.05, 0.1) is 94.3 Å². The van der Waals surface area contributed by atoms with Crippen molar-refractivity contribution in [2.75, 3.05) is 59.4 Å². The van der Waals surface area contributed by atoms with Gasteiger partial charge in [-0.05, 0) is 14.0 Å². The van der Waals surface area contributed by atoms with Crippen LogP contribution in [0.3, 0.4) is 0 Å². The number of carbonyl (C=O) groups excluding carboxylic acids is 8. The number of carbonyl (C=O) groups is 8. The van der Waals surface area contributed by atoms with Crippen LogP contribution in [0.5, 0.6) is 0 Å². The van der Waals surface area contributed by atoms with Crippen LogP contribution >= 0.6 is 0 Å². The zero-order valence-electron chi connectivity index (χ0n) is 36.4. The predicted molar refractivity (Wildman–Crippen MR) is 211 cm³/mol. The Morgan fingerprint density at radius 2 is 0.583 bits per heavy atom. The fourth-order valence-electron chi connectivity index (χ4n) is 7.05. The molecule has 0 unspecified atom stereocenters. The third-order valence-corrected chi connectivity index (χ3v) is 10.5. The maximum absolute atomic E-state index is 13.8. The van der Waals surface area contributed by atoms with Crippen LogP contribution in [0.25, 0.3) is 0 Å². The van der Waals surface area contributed by atoms with E-state index in [4.69, 9.17) is 0 Å². The Bertz CT molecular complexity index is 1320. The second kappa shape index (κ2) is 35.6. The van der Waals surface area contributed by atoms with E-state index in [9.17, 15) is 38.4 Å². The zero-order chi connectivity index (χ0) is 44.2. The van der Waals surface area contributed by atoms with Gasteiger partial charge in [0.1, 0.15) is 5.78 Å². The Kier molecular flexibility index (Phi) is 36.3. The van der Waals surface area contributed by atoms with Gasteiger partial charge in [-0.2, -0.15) is 0 Å². The SMILES string of the molecule is CN[C@@H](CC[NH3+])C(=O)C[C@@H](CC[NH3+])C(=O)N[C@@H](CC[NH3+])C(=O)C[C@@H](CC[NH3+])C(=O)N[C@@H](CC[NH3+])C(=O)C[C@@H](CC[NH3+])C(=O)N[C@@H](CC[NH3+])C(=O)C[C@@H](CC[NH3+])C(C)=O.[Cl-].[Cl-]. The van der Waals surface area contributed by atoms with Crippen LogP contribution in [0, 0.1) is 23.7 Å². The first kappa shape index (κ1) is 61.3. The molecule has 0 saturated carbocycles. The summed E-state index contributed by atoms with van der Waals surface area (Å²) in [6, 6.07) is -3.25. The van der Waals surface area contributed by atoms with E-state index in [1.807, 2.05) is 0 Å². The lowest BCUT2D eigenvalue weighted by Gasteiger charge is -2.25. The molecule has 0 aliphatic rings. The first-order chi connectivity index (χ1) is 27.6. The van der Waals surface area contributed by atoms with E-state index >= 15 is 0 Å². The molecule has 0 bridgehead atoms. The molecular formula is C38H82Cl2N12O8+6. The summed E-state index contributed by atoms with van der Waals surface area (Å²) in [5.41, 5.74) is 30.7. The monoisotopic (exact) mass is 905 g/mol. The predicted octanol–water partition coefficient (Wildman–Crippen LogP) is -16.0. The van der Waals surface area contributed by atoms with Crippen LogP contribution in [-0.2, 0) is 38.4 Å². The van der Waals surface area contributed by atoms with Gasteiger partial charge in [-0.15, -0.1) is 0 Å². The summed E-state index contributed by atoms with van der Waals surface area (Å²) < 4.78 is 0. The molecular weight excluding hydrogens is 823 g/mol. The molecule has 60 heavy (non-hydrogen) atoms. The number of Topliss-reactive ketones (excluding diaryl/α,β-unsaturated/α-hetero) is 5. The number of ketones is 5. The van der Waals surface area contributed by atoms with E-state index in [1.165, 1.54) is 6.92 Å². The van der Waals surface area contributed by atoms with Crippen LogP contribution in [0.4, 0.5) is 0 Å². The number of likely N-dealkylation sites (N-methyl/N-ethyl adjacent to an activating group) is 1. The molecule has 0 radical (unpaired) electrons. The highest BCUT2D eigenvalue weighted by Crippen LogP contribution is 2.18. The van der Waals surface area contributed by atoms with Crippen LogP contribution in [-0.4, -0.2) is 130 Å². The molecule has 28 N–H and O–H groups in total. The average molecular weight is 906 g/mol. The Hall–Kier alpha value is -3.02. The minimum Gasteiger partial charge on any atom is -1.00 e. The number of quaternary nitrogens is 8. The highest BCUT2D eigenvalue weighted by molar-refractivity contribution is 5.97. The number of nitrogens with one attached hydrogen (secondary N) is 4. The molecule has 8 atom stereocenters. The molecule has 22 heteroatoms. The molecule has 3 amide bonds. The normalized spacial score (nSPS) is 15.0. The molecule has 0 aromatic rings. The molecule has 0 aromatic carbocycles. The van der Waals surface area contributed by atoms with Crippen LogP contribution in [0.2, 0.25) is 0 Å².